The van der Waals surface area contributed by atoms with Crippen molar-refractivity contribution in [2.24, 2.45) is 16.5 Å². The number of nitrogens with zero attached hydrogens (tertiary/aromatic N) is 1. The molecule has 1 heterocycles. The van der Waals surface area contributed by atoms with E-state index in [0.29, 0.717) is 6.42 Å². The Labute approximate surface area is 92.3 Å². The number of aliphatic hydroxyl groups excluding tert-OH is 2. The number of ether oxygens (including phenoxy) is 1. The van der Waals surface area contributed by atoms with Crippen LogP contribution in [0.5, 0.6) is 0 Å². The van der Waals surface area contributed by atoms with E-state index in [0.717, 1.165) is 0 Å². The van der Waals surface area contributed by atoms with E-state index in [9.17, 15) is 15.0 Å². The van der Waals surface area contributed by atoms with Crippen LogP contribution in [0.15, 0.2) is 4.99 Å². The molecule has 0 bridgehead atoms. The Morgan fingerprint density at radius 2 is 2.06 bits per heavy atom. The molecule has 0 aromatic rings. The normalized spacial score (nSPS) is 33.4. The molecule has 4 atom stereocenters. The molecular formula is C8H16N4O4. The molecule has 3 unspecified atom stereocenters. The lowest BCUT2D eigenvalue weighted by Gasteiger charge is -2.14. The average molecular weight is 232 g/mol. The summed E-state index contributed by atoms with van der Waals surface area (Å²) in [5.41, 5.74) is 9.99. The van der Waals surface area contributed by atoms with E-state index >= 15 is 0 Å². The highest BCUT2D eigenvalue weighted by molar-refractivity contribution is 5.90. The van der Waals surface area contributed by atoms with Gasteiger partial charge in [0.2, 0.25) is 0 Å². The molecule has 1 fully saturated rings. The number of carbonyl (C=O) groups is 1. The standard InChI is InChI=1S/C8H16N4O4/c1-2-3-4(13)5(14)6(16-3)11-8(15)12-7(9)10/h3-6,13-14H,2H2,1H3,(H5,9,10,11,12,15)/t3-,4?,5?,6?/m1/s1. The number of amides is 2. The second-order valence-electron chi connectivity index (χ2n) is 3.47. The molecule has 7 N–H and O–H groups in total. The Kier molecular flexibility index (Phi) is 4.05. The monoisotopic (exact) mass is 232 g/mol. The molecule has 0 aromatic carbocycles. The summed E-state index contributed by atoms with van der Waals surface area (Å²) < 4.78 is 5.20. The maximum atomic E-state index is 11.1. The van der Waals surface area contributed by atoms with Crippen LogP contribution in [0, 0.1) is 0 Å². The maximum Gasteiger partial charge on any atom is 0.346 e. The number of nitrogens with one attached hydrogen (secondary N) is 1. The van der Waals surface area contributed by atoms with E-state index in [-0.39, 0.29) is 0 Å². The number of aliphatic imine (C=N–C) groups is 1. The van der Waals surface area contributed by atoms with Gasteiger partial charge in [0.1, 0.15) is 12.2 Å². The zero-order chi connectivity index (χ0) is 12.3. The van der Waals surface area contributed by atoms with Crippen LogP contribution in [0.3, 0.4) is 0 Å². The molecule has 0 aliphatic carbocycles. The molecule has 16 heavy (non-hydrogen) atoms. The fraction of sp³-hybridized carbons (Fsp3) is 0.750. The lowest BCUT2D eigenvalue weighted by Crippen LogP contribution is -2.43. The molecule has 1 rings (SSSR count). The van der Waals surface area contributed by atoms with Gasteiger partial charge in [0.05, 0.1) is 6.10 Å². The van der Waals surface area contributed by atoms with Crippen molar-refractivity contribution in [1.29, 1.82) is 0 Å². The van der Waals surface area contributed by atoms with Gasteiger partial charge in [0, 0.05) is 0 Å². The fourth-order valence-electron chi connectivity index (χ4n) is 1.48. The number of aliphatic hydroxyl groups is 2. The number of carbonyl (C=O) groups excluding carboxylic acids is 1. The first kappa shape index (κ1) is 12.7. The molecule has 1 saturated heterocycles. The summed E-state index contributed by atoms with van der Waals surface area (Å²) in [6, 6.07) is -0.826. The molecule has 1 aliphatic rings. The van der Waals surface area contributed by atoms with Gasteiger partial charge in [-0.05, 0) is 6.42 Å². The van der Waals surface area contributed by atoms with Crippen LogP contribution in [0.1, 0.15) is 13.3 Å². The zero-order valence-electron chi connectivity index (χ0n) is 8.83. The number of hydrogen-bond donors (Lipinski definition) is 5. The van der Waals surface area contributed by atoms with E-state index in [1.54, 1.807) is 6.92 Å². The second-order valence-corrected chi connectivity index (χ2v) is 3.47. The number of urea groups is 1. The highest BCUT2D eigenvalue weighted by Crippen LogP contribution is 2.21. The predicted molar refractivity (Wildman–Crippen MR) is 55.3 cm³/mol. The van der Waals surface area contributed by atoms with Gasteiger partial charge in [-0.1, -0.05) is 6.92 Å². The summed E-state index contributed by atoms with van der Waals surface area (Å²) in [5.74, 6) is -0.391. The summed E-state index contributed by atoms with van der Waals surface area (Å²) in [4.78, 5) is 14.3. The van der Waals surface area contributed by atoms with E-state index in [1.165, 1.54) is 0 Å². The van der Waals surface area contributed by atoms with Crippen molar-refractivity contribution in [1.82, 2.24) is 5.32 Å². The minimum absolute atomic E-state index is 0.391. The van der Waals surface area contributed by atoms with Gasteiger partial charge in [-0.3, -0.25) is 0 Å². The van der Waals surface area contributed by atoms with E-state index in [4.69, 9.17) is 16.2 Å². The largest absolute Gasteiger partial charge is 0.388 e. The third-order valence-electron chi connectivity index (χ3n) is 2.26. The van der Waals surface area contributed by atoms with Gasteiger partial charge in [-0.15, -0.1) is 0 Å². The Hall–Kier alpha value is -1.38. The van der Waals surface area contributed by atoms with Crippen molar-refractivity contribution < 1.29 is 19.7 Å². The summed E-state index contributed by atoms with van der Waals surface area (Å²) in [6.45, 7) is 1.79. The molecular weight excluding hydrogens is 216 g/mol. The molecule has 0 saturated carbocycles. The van der Waals surface area contributed by atoms with Crippen LogP contribution < -0.4 is 16.8 Å². The SMILES string of the molecule is CC[C@H]1OC(NC(=O)N=C(N)N)C(O)C1O. The minimum Gasteiger partial charge on any atom is -0.388 e. The molecule has 2 amide bonds. The highest BCUT2D eigenvalue weighted by atomic mass is 16.6. The van der Waals surface area contributed by atoms with E-state index < -0.39 is 36.5 Å². The number of hydrogen-bond acceptors (Lipinski definition) is 4. The molecule has 92 valence electrons. The second kappa shape index (κ2) is 5.10. The summed E-state index contributed by atoms with van der Waals surface area (Å²) >= 11 is 0. The topological polar surface area (TPSA) is 143 Å². The maximum absolute atomic E-state index is 11.1. The number of rotatable bonds is 2. The van der Waals surface area contributed by atoms with Gasteiger partial charge in [-0.2, -0.15) is 4.99 Å². The minimum atomic E-state index is -1.19. The van der Waals surface area contributed by atoms with Crippen LogP contribution in [-0.4, -0.2) is 46.7 Å². The Morgan fingerprint density at radius 3 is 2.50 bits per heavy atom. The summed E-state index contributed by atoms with van der Waals surface area (Å²) in [7, 11) is 0. The fourth-order valence-corrected chi connectivity index (χ4v) is 1.48. The highest BCUT2D eigenvalue weighted by Gasteiger charge is 2.42. The van der Waals surface area contributed by atoms with Crippen LogP contribution in [0.2, 0.25) is 0 Å². The smallest absolute Gasteiger partial charge is 0.346 e. The van der Waals surface area contributed by atoms with Gasteiger partial charge in [-0.25, -0.2) is 4.79 Å². The van der Waals surface area contributed by atoms with Crippen LogP contribution in [0.4, 0.5) is 4.79 Å². The number of nitrogens with two attached hydrogens (primary N) is 2. The lowest BCUT2D eigenvalue weighted by molar-refractivity contribution is -0.00428. The average Bonchev–Trinajstić information content (AvgIpc) is 2.44. The summed E-state index contributed by atoms with van der Waals surface area (Å²) in [5, 5.41) is 21.3. The Morgan fingerprint density at radius 1 is 1.44 bits per heavy atom. The molecule has 0 aromatic heterocycles. The van der Waals surface area contributed by atoms with Crippen LogP contribution >= 0.6 is 0 Å². The van der Waals surface area contributed by atoms with Gasteiger partial charge in [0.15, 0.2) is 12.2 Å². The molecule has 0 spiro atoms. The lowest BCUT2D eigenvalue weighted by atomic mass is 10.1. The van der Waals surface area contributed by atoms with Gasteiger partial charge >= 0.3 is 6.03 Å². The molecule has 8 nitrogen and oxygen atoms in total. The predicted octanol–water partition coefficient (Wildman–Crippen LogP) is -2.17. The third-order valence-corrected chi connectivity index (χ3v) is 2.26. The summed E-state index contributed by atoms with van der Waals surface area (Å²) in [6.07, 6.45) is -3.22. The van der Waals surface area contributed by atoms with Crippen molar-refractivity contribution in [3.8, 4) is 0 Å². The van der Waals surface area contributed by atoms with Crippen LogP contribution in [-0.2, 0) is 4.74 Å². The van der Waals surface area contributed by atoms with Crippen molar-refractivity contribution in [2.45, 2.75) is 37.9 Å². The van der Waals surface area contributed by atoms with E-state index in [1.807, 2.05) is 0 Å². The third kappa shape index (κ3) is 2.81. The van der Waals surface area contributed by atoms with Crippen molar-refractivity contribution in [3.63, 3.8) is 0 Å². The van der Waals surface area contributed by atoms with Crippen molar-refractivity contribution >= 4 is 12.0 Å². The molecule has 1 aliphatic heterocycles. The molecule has 8 heteroatoms. The first-order valence-electron chi connectivity index (χ1n) is 4.87. The van der Waals surface area contributed by atoms with E-state index in [2.05, 4.69) is 10.3 Å². The zero-order valence-corrected chi connectivity index (χ0v) is 8.83. The van der Waals surface area contributed by atoms with Crippen molar-refractivity contribution in [2.75, 3.05) is 0 Å². The van der Waals surface area contributed by atoms with Crippen molar-refractivity contribution in [3.05, 3.63) is 0 Å². The van der Waals surface area contributed by atoms with Gasteiger partial charge in [0.25, 0.3) is 0 Å². The first-order valence-corrected chi connectivity index (χ1v) is 4.87. The molecule has 0 radical (unpaired) electrons. The van der Waals surface area contributed by atoms with Gasteiger partial charge < -0.3 is 31.7 Å². The van der Waals surface area contributed by atoms with Crippen LogP contribution in [0.25, 0.3) is 0 Å². The Balaban J connectivity index is 2.56. The quantitative estimate of drug-likeness (QED) is 0.270. The first-order chi connectivity index (χ1) is 7.45. The number of guanidine groups is 1. The Bertz CT molecular complexity index is 292.